The average Bonchev–Trinajstić information content (AvgIpc) is 3.62. The summed E-state index contributed by atoms with van der Waals surface area (Å²) in [5, 5.41) is 22.2. The number of carbonyl (C=O) groups is 1. The Bertz CT molecular complexity index is 1360. The Morgan fingerprint density at radius 3 is 2.17 bits per heavy atom. The van der Waals surface area contributed by atoms with E-state index in [0.29, 0.717) is 34.4 Å². The average molecular weight is 517 g/mol. The zero-order chi connectivity index (χ0) is 26.5. The molecule has 0 spiro atoms. The van der Waals surface area contributed by atoms with Gasteiger partial charge in [0.25, 0.3) is 5.92 Å². The minimum absolute atomic E-state index is 0.233. The number of phenols is 2. The molecule has 1 aliphatic carbocycles. The molecule has 0 aromatic heterocycles. The van der Waals surface area contributed by atoms with Crippen molar-refractivity contribution in [3.05, 3.63) is 71.8 Å². The highest BCUT2D eigenvalue weighted by Gasteiger charge is 2.51. The van der Waals surface area contributed by atoms with Crippen molar-refractivity contribution in [3.8, 4) is 22.6 Å². The number of carbonyl (C=O) groups excluding carboxylic acids is 1. The van der Waals surface area contributed by atoms with Crippen LogP contribution in [0.25, 0.3) is 11.1 Å². The quantitative estimate of drug-likeness (QED) is 0.262. The molecule has 0 heterocycles. The maximum atomic E-state index is 14.7. The van der Waals surface area contributed by atoms with E-state index in [9.17, 15) is 28.0 Å². The topological polar surface area (TPSA) is 89.9 Å². The zero-order valence-electron chi connectivity index (χ0n) is 20.5. The molecule has 1 amide bonds. The number of hydrogen-bond donors (Lipinski definition) is 4. The van der Waals surface area contributed by atoms with Crippen molar-refractivity contribution in [2.75, 3.05) is 25.7 Å². The molecule has 6 nitrogen and oxygen atoms in total. The van der Waals surface area contributed by atoms with E-state index in [-0.39, 0.29) is 28.7 Å². The summed E-state index contributed by atoms with van der Waals surface area (Å²) in [5.41, 5.74) is 0.524. The molecule has 9 heteroatoms. The number of phenolic OH excluding ortho intramolecular Hbond substituents is 2. The van der Waals surface area contributed by atoms with Crippen LogP contribution in [0, 0.1) is 0 Å². The van der Waals surface area contributed by atoms with E-state index in [0.717, 1.165) is 6.92 Å². The monoisotopic (exact) mass is 516 g/mol. The van der Waals surface area contributed by atoms with Gasteiger partial charge in [-0.25, -0.2) is 13.1 Å². The highest BCUT2D eigenvalue weighted by atomic mass is 32.3. The first-order chi connectivity index (χ1) is 16.8. The Hall–Kier alpha value is -3.30. The van der Waals surface area contributed by atoms with Crippen molar-refractivity contribution in [1.82, 2.24) is 4.31 Å². The lowest BCUT2D eigenvalue weighted by atomic mass is 9.93. The van der Waals surface area contributed by atoms with E-state index in [1.807, 2.05) is 0 Å². The third-order valence-corrected chi connectivity index (χ3v) is 9.67. The number of nitrogens with one attached hydrogen (secondary N) is 1. The predicted molar refractivity (Wildman–Crippen MR) is 138 cm³/mol. The molecule has 0 bridgehead atoms. The number of benzene rings is 3. The number of hydrogen-bond acceptors (Lipinski definition) is 4. The second kappa shape index (κ2) is 8.97. The fourth-order valence-electron chi connectivity index (χ4n) is 4.23. The molecule has 3 aromatic carbocycles. The first-order valence-electron chi connectivity index (χ1n) is 11.5. The minimum atomic E-state index is -3.18. The molecule has 0 saturated heterocycles. The van der Waals surface area contributed by atoms with Crippen molar-refractivity contribution in [1.29, 1.82) is 0 Å². The first-order valence-corrected chi connectivity index (χ1v) is 13.6. The number of rotatable bonds is 7. The van der Waals surface area contributed by atoms with Crippen molar-refractivity contribution < 1.29 is 28.0 Å². The van der Waals surface area contributed by atoms with Gasteiger partial charge in [-0.2, -0.15) is 0 Å². The number of amides is 1. The Labute approximate surface area is 210 Å². The molecule has 1 aliphatic rings. The van der Waals surface area contributed by atoms with Gasteiger partial charge in [0.1, 0.15) is 0 Å². The molecule has 3 aromatic rings. The van der Waals surface area contributed by atoms with Gasteiger partial charge < -0.3 is 15.5 Å². The van der Waals surface area contributed by atoms with Gasteiger partial charge in [0.05, 0.1) is 5.41 Å². The summed E-state index contributed by atoms with van der Waals surface area (Å²) in [5.74, 6) is -4.15. The SMILES string of the molecule is CN(C)[SH](C)(=O)c1ccc(-c2ccc(NC(=O)C3(c4ccc(O)c(O)c4)CC3)cc2C(C)(F)F)cc1. The van der Waals surface area contributed by atoms with Crippen molar-refractivity contribution in [2.45, 2.75) is 36.0 Å². The van der Waals surface area contributed by atoms with Crippen LogP contribution in [-0.2, 0) is 26.3 Å². The normalized spacial score (nSPS) is 15.5. The highest BCUT2D eigenvalue weighted by Crippen LogP contribution is 2.50. The molecule has 36 heavy (non-hydrogen) atoms. The third-order valence-electron chi connectivity index (χ3n) is 6.88. The molecule has 0 unspecified atom stereocenters. The van der Waals surface area contributed by atoms with E-state index in [1.54, 1.807) is 67.1 Å². The molecule has 192 valence electrons. The summed E-state index contributed by atoms with van der Waals surface area (Å²) in [6, 6.07) is 15.4. The van der Waals surface area contributed by atoms with Crippen molar-refractivity contribution in [2.24, 2.45) is 0 Å². The van der Waals surface area contributed by atoms with E-state index in [4.69, 9.17) is 0 Å². The number of anilines is 1. The summed E-state index contributed by atoms with van der Waals surface area (Å²) < 4.78 is 43.9. The van der Waals surface area contributed by atoms with Gasteiger partial charge >= 0.3 is 0 Å². The molecular weight excluding hydrogens is 486 g/mol. The number of halogens is 2. The van der Waals surface area contributed by atoms with Crippen LogP contribution >= 0.6 is 0 Å². The van der Waals surface area contributed by atoms with Gasteiger partial charge in [-0.3, -0.25) is 9.00 Å². The Morgan fingerprint density at radius 1 is 1.00 bits per heavy atom. The standard InChI is InChI=1S/C27H30F2N2O4S/c1-26(28,29)22-16-19(30-25(34)27(13-14-27)18-7-12-23(32)24(33)15-18)8-11-21(22)17-5-9-20(10-6-17)36(4,35)31(2)3/h5-12,15-16,32-33,36H,13-14H2,1-4H3,(H,30,34). The fourth-order valence-corrected chi connectivity index (χ4v) is 5.39. The summed E-state index contributed by atoms with van der Waals surface area (Å²) in [6.45, 7) is 0.805. The highest BCUT2D eigenvalue weighted by molar-refractivity contribution is 8.00. The van der Waals surface area contributed by atoms with Gasteiger partial charge in [0, 0.05) is 29.3 Å². The van der Waals surface area contributed by atoms with Crippen LogP contribution < -0.4 is 5.32 Å². The van der Waals surface area contributed by atoms with Crippen LogP contribution in [0.5, 0.6) is 11.5 Å². The zero-order valence-corrected chi connectivity index (χ0v) is 21.4. The molecule has 0 atom stereocenters. The van der Waals surface area contributed by atoms with E-state index in [1.165, 1.54) is 18.2 Å². The first kappa shape index (κ1) is 25.8. The fraction of sp³-hybridized carbons (Fsp3) is 0.296. The third kappa shape index (κ3) is 4.73. The van der Waals surface area contributed by atoms with Crippen molar-refractivity contribution in [3.63, 3.8) is 0 Å². The molecule has 1 fully saturated rings. The van der Waals surface area contributed by atoms with E-state index in [2.05, 4.69) is 5.32 Å². The van der Waals surface area contributed by atoms with Gasteiger partial charge in [-0.05, 0) is 90.1 Å². The Morgan fingerprint density at radius 2 is 1.64 bits per heavy atom. The summed E-state index contributed by atoms with van der Waals surface area (Å²) in [7, 11) is 0.730. The summed E-state index contributed by atoms with van der Waals surface area (Å²) in [6.07, 6.45) is 2.73. The van der Waals surface area contributed by atoms with Crippen molar-refractivity contribution >= 4 is 21.7 Å². The van der Waals surface area contributed by atoms with Gasteiger partial charge in [0.2, 0.25) is 5.91 Å². The van der Waals surface area contributed by atoms with Gasteiger partial charge in [0.15, 0.2) is 11.5 Å². The summed E-state index contributed by atoms with van der Waals surface area (Å²) >= 11 is 0. The van der Waals surface area contributed by atoms with Crippen LogP contribution in [0.3, 0.4) is 0 Å². The van der Waals surface area contributed by atoms with Crippen LogP contribution in [-0.4, -0.2) is 45.0 Å². The number of thiol groups is 1. The molecule has 4 rings (SSSR count). The second-order valence-electron chi connectivity index (χ2n) is 9.66. The molecular formula is C27H30F2N2O4S. The largest absolute Gasteiger partial charge is 0.504 e. The van der Waals surface area contributed by atoms with E-state index < -0.39 is 21.5 Å². The molecule has 0 aliphatic heterocycles. The lowest BCUT2D eigenvalue weighted by Gasteiger charge is -2.27. The number of aromatic hydroxyl groups is 2. The molecule has 0 radical (unpaired) electrons. The van der Waals surface area contributed by atoms with Crippen LogP contribution in [0.2, 0.25) is 0 Å². The van der Waals surface area contributed by atoms with Crippen LogP contribution in [0.15, 0.2) is 65.6 Å². The maximum absolute atomic E-state index is 14.7. The Kier molecular flexibility index (Phi) is 6.43. The molecule has 3 N–H and O–H groups in total. The lowest BCUT2D eigenvalue weighted by molar-refractivity contribution is -0.118. The smallest absolute Gasteiger partial charge is 0.271 e. The second-order valence-corrected chi connectivity index (χ2v) is 12.7. The minimum Gasteiger partial charge on any atom is -0.504 e. The number of alkyl halides is 2. The van der Waals surface area contributed by atoms with Gasteiger partial charge in [-0.15, -0.1) is 0 Å². The van der Waals surface area contributed by atoms with Crippen LogP contribution in [0.1, 0.15) is 30.9 Å². The van der Waals surface area contributed by atoms with Crippen LogP contribution in [0.4, 0.5) is 14.5 Å². The summed E-state index contributed by atoms with van der Waals surface area (Å²) in [4.78, 5) is 13.7. The van der Waals surface area contributed by atoms with E-state index >= 15 is 0 Å². The Balaban J connectivity index is 1.64. The lowest BCUT2D eigenvalue weighted by Crippen LogP contribution is -2.28. The van der Waals surface area contributed by atoms with Gasteiger partial charge in [-0.1, -0.05) is 24.3 Å². The maximum Gasteiger partial charge on any atom is 0.271 e. The molecule has 1 saturated carbocycles. The number of nitrogens with zero attached hydrogens (tertiary/aromatic N) is 1. The predicted octanol–water partition coefficient (Wildman–Crippen LogP) is 5.03.